The van der Waals surface area contributed by atoms with E-state index in [1.807, 2.05) is 42.6 Å². The van der Waals surface area contributed by atoms with Gasteiger partial charge in [-0.3, -0.25) is 14.5 Å². The van der Waals surface area contributed by atoms with Gasteiger partial charge in [-0.05, 0) is 35.6 Å². The Morgan fingerprint density at radius 1 is 1.18 bits per heavy atom. The third kappa shape index (κ3) is 3.54. The molecule has 168 valence electrons. The molecule has 0 aliphatic carbocycles. The summed E-state index contributed by atoms with van der Waals surface area (Å²) in [6.45, 7) is 1.43. The molecule has 0 saturated carbocycles. The molecule has 2 aliphatic rings. The van der Waals surface area contributed by atoms with Crippen LogP contribution in [-0.2, 0) is 15.1 Å². The number of furan rings is 1. The van der Waals surface area contributed by atoms with Crippen molar-refractivity contribution >= 4 is 34.9 Å². The van der Waals surface area contributed by atoms with Gasteiger partial charge in [-0.2, -0.15) is 5.10 Å². The van der Waals surface area contributed by atoms with Crippen LogP contribution in [0.25, 0.3) is 0 Å². The fourth-order valence-corrected chi connectivity index (χ4v) is 5.09. The summed E-state index contributed by atoms with van der Waals surface area (Å²) in [5, 5.41) is 10.7. The van der Waals surface area contributed by atoms with Crippen molar-refractivity contribution in [3.8, 4) is 0 Å². The van der Waals surface area contributed by atoms with Crippen LogP contribution >= 0.6 is 11.3 Å². The first-order valence-electron chi connectivity index (χ1n) is 10.7. The number of nitrogens with one attached hydrogen (secondary N) is 1. The van der Waals surface area contributed by atoms with Crippen LogP contribution < -0.4 is 5.32 Å². The molecule has 2 aromatic heterocycles. The molecule has 2 unspecified atom stereocenters. The number of thiophene rings is 1. The summed E-state index contributed by atoms with van der Waals surface area (Å²) in [5.74, 6) is -0.291. The molecule has 4 amide bonds. The van der Waals surface area contributed by atoms with Crippen molar-refractivity contribution in [2.24, 2.45) is 5.10 Å². The molecular weight excluding hydrogens is 440 g/mol. The number of nitrogens with zero attached hydrogens (tertiary/aromatic N) is 3. The van der Waals surface area contributed by atoms with E-state index in [0.717, 1.165) is 15.5 Å². The van der Waals surface area contributed by atoms with E-state index in [4.69, 9.17) is 4.42 Å². The molecule has 33 heavy (non-hydrogen) atoms. The lowest BCUT2D eigenvalue weighted by molar-refractivity contribution is -0.140. The van der Waals surface area contributed by atoms with Crippen molar-refractivity contribution < 1.29 is 18.8 Å². The maximum absolute atomic E-state index is 13.4. The number of urea groups is 1. The molecule has 1 fully saturated rings. The second kappa shape index (κ2) is 8.32. The Balaban J connectivity index is 1.42. The predicted molar refractivity (Wildman–Crippen MR) is 122 cm³/mol. The molecular formula is C24H22N4O4S. The minimum absolute atomic E-state index is 0.367. The predicted octanol–water partition coefficient (Wildman–Crippen LogP) is 3.88. The molecule has 0 bridgehead atoms. The second-order valence-electron chi connectivity index (χ2n) is 7.94. The van der Waals surface area contributed by atoms with Crippen LogP contribution in [0.15, 0.2) is 75.8 Å². The SMILES string of the molecule is CCC1(c2ccccc2)NC(=O)N(CC(=O)N2N=C(c3cccs3)CC2c2ccco2)C1=O. The van der Waals surface area contributed by atoms with Crippen molar-refractivity contribution in [1.29, 1.82) is 0 Å². The molecule has 1 saturated heterocycles. The molecule has 8 nitrogen and oxygen atoms in total. The average Bonchev–Trinajstić information content (AvgIpc) is 3.63. The summed E-state index contributed by atoms with van der Waals surface area (Å²) in [7, 11) is 0. The van der Waals surface area contributed by atoms with Gasteiger partial charge in [0.05, 0.1) is 16.9 Å². The van der Waals surface area contributed by atoms with Crippen molar-refractivity contribution in [1.82, 2.24) is 15.2 Å². The van der Waals surface area contributed by atoms with Crippen LogP contribution in [0.1, 0.15) is 42.0 Å². The van der Waals surface area contributed by atoms with Gasteiger partial charge in [0, 0.05) is 6.42 Å². The van der Waals surface area contributed by atoms with Gasteiger partial charge in [-0.15, -0.1) is 11.3 Å². The monoisotopic (exact) mass is 462 g/mol. The molecule has 9 heteroatoms. The fraction of sp³-hybridized carbons (Fsp3) is 0.250. The van der Waals surface area contributed by atoms with Crippen molar-refractivity contribution in [2.45, 2.75) is 31.3 Å². The van der Waals surface area contributed by atoms with Gasteiger partial charge in [0.15, 0.2) is 0 Å². The smallest absolute Gasteiger partial charge is 0.325 e. The maximum Gasteiger partial charge on any atom is 0.325 e. The quantitative estimate of drug-likeness (QED) is 0.563. The van der Waals surface area contributed by atoms with Crippen molar-refractivity contribution in [3.63, 3.8) is 0 Å². The van der Waals surface area contributed by atoms with Crippen LogP contribution in [0.3, 0.4) is 0 Å². The van der Waals surface area contributed by atoms with Crippen LogP contribution in [-0.4, -0.2) is 40.0 Å². The lowest BCUT2D eigenvalue weighted by atomic mass is 9.87. The summed E-state index contributed by atoms with van der Waals surface area (Å²) >= 11 is 1.54. The summed E-state index contributed by atoms with van der Waals surface area (Å²) < 4.78 is 5.56. The fourth-order valence-electron chi connectivity index (χ4n) is 4.37. The molecule has 1 aromatic carbocycles. The zero-order chi connectivity index (χ0) is 23.0. The summed E-state index contributed by atoms with van der Waals surface area (Å²) in [5.41, 5.74) is 0.271. The van der Waals surface area contributed by atoms with Crippen LogP contribution in [0.2, 0.25) is 0 Å². The van der Waals surface area contributed by atoms with E-state index in [1.54, 1.807) is 30.5 Å². The van der Waals surface area contributed by atoms with E-state index in [0.29, 0.717) is 24.2 Å². The standard InChI is InChI=1S/C24H22N4O4S/c1-2-24(16-8-4-3-5-9-16)22(30)27(23(31)25-24)15-21(29)28-18(19-10-6-12-32-19)14-17(26-28)20-11-7-13-33-20/h3-13,18H,2,14-15H2,1H3,(H,25,31). The molecule has 1 N–H and O–H groups in total. The number of hydrogen-bond donors (Lipinski definition) is 1. The van der Waals surface area contributed by atoms with Gasteiger partial charge in [-0.1, -0.05) is 43.3 Å². The summed E-state index contributed by atoms with van der Waals surface area (Å²) in [4.78, 5) is 41.5. The van der Waals surface area contributed by atoms with E-state index < -0.39 is 36.0 Å². The average molecular weight is 463 g/mol. The minimum atomic E-state index is -1.19. The molecule has 4 heterocycles. The highest BCUT2D eigenvalue weighted by Gasteiger charge is 2.52. The van der Waals surface area contributed by atoms with E-state index in [2.05, 4.69) is 10.4 Å². The normalized spacial score (nSPS) is 22.6. The molecule has 0 spiro atoms. The van der Waals surface area contributed by atoms with Gasteiger partial charge in [0.1, 0.15) is 23.9 Å². The van der Waals surface area contributed by atoms with Crippen LogP contribution in [0.4, 0.5) is 4.79 Å². The number of amides is 4. The Bertz CT molecular complexity index is 1210. The number of carbonyl (C=O) groups excluding carboxylic acids is 3. The van der Waals surface area contributed by atoms with E-state index in [-0.39, 0.29) is 0 Å². The second-order valence-corrected chi connectivity index (χ2v) is 8.89. The van der Waals surface area contributed by atoms with E-state index in [9.17, 15) is 14.4 Å². The Hall–Kier alpha value is -3.72. The Morgan fingerprint density at radius 2 is 2.00 bits per heavy atom. The molecule has 5 rings (SSSR count). The number of benzene rings is 1. The van der Waals surface area contributed by atoms with Crippen LogP contribution in [0, 0.1) is 0 Å². The third-order valence-electron chi connectivity index (χ3n) is 6.11. The van der Waals surface area contributed by atoms with Crippen molar-refractivity contribution in [3.05, 3.63) is 82.4 Å². The largest absolute Gasteiger partial charge is 0.467 e. The highest BCUT2D eigenvalue weighted by atomic mass is 32.1. The van der Waals surface area contributed by atoms with E-state index in [1.165, 1.54) is 16.3 Å². The third-order valence-corrected chi connectivity index (χ3v) is 7.03. The number of hydrogen-bond acceptors (Lipinski definition) is 6. The maximum atomic E-state index is 13.4. The first-order valence-corrected chi connectivity index (χ1v) is 11.6. The summed E-state index contributed by atoms with van der Waals surface area (Å²) in [6, 6.07) is 15.5. The summed E-state index contributed by atoms with van der Waals surface area (Å²) in [6.07, 6.45) is 2.41. The van der Waals surface area contributed by atoms with Gasteiger partial charge in [0.25, 0.3) is 11.8 Å². The number of rotatable bonds is 6. The first-order chi connectivity index (χ1) is 16.0. The van der Waals surface area contributed by atoms with E-state index >= 15 is 0 Å². The zero-order valence-corrected chi connectivity index (χ0v) is 18.7. The first kappa shape index (κ1) is 21.1. The number of hydrazone groups is 1. The number of imide groups is 1. The Labute approximate surface area is 194 Å². The molecule has 0 radical (unpaired) electrons. The van der Waals surface area contributed by atoms with Gasteiger partial charge >= 0.3 is 6.03 Å². The Morgan fingerprint density at radius 3 is 2.67 bits per heavy atom. The van der Waals surface area contributed by atoms with Crippen LogP contribution in [0.5, 0.6) is 0 Å². The molecule has 2 aliphatic heterocycles. The highest BCUT2D eigenvalue weighted by molar-refractivity contribution is 7.12. The molecule has 3 aromatic rings. The molecule has 2 atom stereocenters. The zero-order valence-electron chi connectivity index (χ0n) is 17.9. The lowest BCUT2D eigenvalue weighted by Gasteiger charge is -2.26. The van der Waals surface area contributed by atoms with Gasteiger partial charge in [0.2, 0.25) is 0 Å². The minimum Gasteiger partial charge on any atom is -0.467 e. The lowest BCUT2D eigenvalue weighted by Crippen LogP contribution is -2.45. The number of carbonyl (C=O) groups is 3. The highest BCUT2D eigenvalue weighted by Crippen LogP contribution is 2.36. The van der Waals surface area contributed by atoms with Gasteiger partial charge in [-0.25, -0.2) is 9.80 Å². The topological polar surface area (TPSA) is 95.2 Å². The Kier molecular flexibility index (Phi) is 5.33. The van der Waals surface area contributed by atoms with Gasteiger partial charge < -0.3 is 9.73 Å². The van der Waals surface area contributed by atoms with Crippen molar-refractivity contribution in [2.75, 3.05) is 6.54 Å².